The van der Waals surface area contributed by atoms with Crippen LogP contribution in [-0.4, -0.2) is 51.5 Å². The minimum atomic E-state index is 0.252. The van der Waals surface area contributed by atoms with E-state index in [9.17, 15) is 0 Å². The summed E-state index contributed by atoms with van der Waals surface area (Å²) in [5.41, 5.74) is 0. The lowest BCUT2D eigenvalue weighted by Crippen LogP contribution is -2.46. The molecule has 1 aliphatic heterocycles. The van der Waals surface area contributed by atoms with Crippen molar-refractivity contribution in [2.24, 2.45) is 0 Å². The van der Waals surface area contributed by atoms with Crippen LogP contribution >= 0.6 is 0 Å². The Balaban J connectivity index is 1.70. The highest BCUT2D eigenvalue weighted by Crippen LogP contribution is 2.32. The number of ether oxygens (including phenoxy) is 1. The van der Waals surface area contributed by atoms with E-state index in [4.69, 9.17) is 14.8 Å². The van der Waals surface area contributed by atoms with Crippen molar-refractivity contribution >= 4 is 0 Å². The molecule has 5 heteroatoms. The fraction of sp³-hybridized carbons (Fsp3) is 0.895. The average Bonchev–Trinajstić information content (AvgIpc) is 3.23. The van der Waals surface area contributed by atoms with Crippen LogP contribution in [0, 0.1) is 0 Å². The van der Waals surface area contributed by atoms with Crippen molar-refractivity contribution in [3.05, 3.63) is 11.6 Å². The van der Waals surface area contributed by atoms with Crippen LogP contribution in [0.5, 0.6) is 0 Å². The molecule has 1 saturated carbocycles. The normalized spacial score (nSPS) is 23.4. The molecule has 0 radical (unpaired) electrons. The van der Waals surface area contributed by atoms with Gasteiger partial charge in [-0.2, -0.15) is 5.10 Å². The third-order valence-corrected chi connectivity index (χ3v) is 5.52. The molecular weight excluding hydrogens is 300 g/mol. The molecule has 1 atom stereocenters. The molecular formula is C19H34N4O. The topological polar surface area (TPSA) is 43.2 Å². The van der Waals surface area contributed by atoms with Crippen molar-refractivity contribution in [1.29, 1.82) is 0 Å². The fourth-order valence-electron chi connectivity index (χ4n) is 3.93. The van der Waals surface area contributed by atoms with Gasteiger partial charge in [-0.25, -0.2) is 9.67 Å². The van der Waals surface area contributed by atoms with E-state index >= 15 is 0 Å². The number of rotatable bonds is 7. The van der Waals surface area contributed by atoms with Crippen LogP contribution in [0.2, 0.25) is 0 Å². The molecule has 136 valence electrons. The standard InChI is InChI=1S/C19H34N4O/c1-4-5-10-23-18(20-19(21-23)16-8-6-7-9-16)13-17-14-22(15(2)3)11-12-24-17/h15-17H,4-14H2,1-3H3. The number of nitrogens with zero attached hydrogens (tertiary/aromatic N) is 4. The molecule has 0 amide bonds. The second kappa shape index (κ2) is 8.43. The summed E-state index contributed by atoms with van der Waals surface area (Å²) in [5.74, 6) is 2.82. The van der Waals surface area contributed by atoms with Gasteiger partial charge in [0, 0.05) is 38.0 Å². The number of aromatic nitrogens is 3. The smallest absolute Gasteiger partial charge is 0.154 e. The molecule has 1 aromatic rings. The molecule has 2 fully saturated rings. The molecule has 1 aromatic heterocycles. The number of morpholine rings is 1. The minimum absolute atomic E-state index is 0.252. The Hall–Kier alpha value is -0.940. The van der Waals surface area contributed by atoms with Crippen LogP contribution in [0.3, 0.4) is 0 Å². The Bertz CT molecular complexity index is 507. The highest BCUT2D eigenvalue weighted by Gasteiger charge is 2.27. The van der Waals surface area contributed by atoms with E-state index < -0.39 is 0 Å². The minimum Gasteiger partial charge on any atom is -0.375 e. The van der Waals surface area contributed by atoms with Gasteiger partial charge < -0.3 is 4.74 Å². The van der Waals surface area contributed by atoms with Crippen molar-refractivity contribution in [3.8, 4) is 0 Å². The monoisotopic (exact) mass is 334 g/mol. The second-order valence-electron chi connectivity index (χ2n) is 7.73. The maximum absolute atomic E-state index is 6.03. The van der Waals surface area contributed by atoms with Gasteiger partial charge in [0.1, 0.15) is 5.82 Å². The molecule has 1 saturated heterocycles. The summed E-state index contributed by atoms with van der Waals surface area (Å²) in [6.07, 6.45) is 8.70. The first kappa shape index (κ1) is 17.9. The van der Waals surface area contributed by atoms with Gasteiger partial charge in [0.2, 0.25) is 0 Å². The summed E-state index contributed by atoms with van der Waals surface area (Å²) in [5, 5.41) is 4.89. The molecule has 1 aliphatic carbocycles. The Kier molecular flexibility index (Phi) is 6.28. The molecule has 0 N–H and O–H groups in total. The number of hydrogen-bond acceptors (Lipinski definition) is 4. The number of unbranched alkanes of at least 4 members (excludes halogenated alkanes) is 1. The Morgan fingerprint density at radius 3 is 2.75 bits per heavy atom. The van der Waals surface area contributed by atoms with Crippen LogP contribution in [0.15, 0.2) is 0 Å². The molecule has 2 aliphatic rings. The van der Waals surface area contributed by atoms with Crippen molar-refractivity contribution in [1.82, 2.24) is 19.7 Å². The van der Waals surface area contributed by atoms with E-state index in [-0.39, 0.29) is 6.10 Å². The lowest BCUT2D eigenvalue weighted by Gasteiger charge is -2.35. The highest BCUT2D eigenvalue weighted by molar-refractivity contribution is 5.03. The Labute approximate surface area is 146 Å². The molecule has 3 rings (SSSR count). The van der Waals surface area contributed by atoms with Crippen molar-refractivity contribution < 1.29 is 4.74 Å². The lowest BCUT2D eigenvalue weighted by molar-refractivity contribution is -0.0389. The fourth-order valence-corrected chi connectivity index (χ4v) is 3.93. The van der Waals surface area contributed by atoms with Crippen molar-refractivity contribution in [2.75, 3.05) is 19.7 Å². The Morgan fingerprint density at radius 1 is 1.25 bits per heavy atom. The largest absolute Gasteiger partial charge is 0.375 e. The quantitative estimate of drug-likeness (QED) is 0.766. The summed E-state index contributed by atoms with van der Waals surface area (Å²) in [4.78, 5) is 7.48. The first-order valence-corrected chi connectivity index (χ1v) is 9.96. The highest BCUT2D eigenvalue weighted by atomic mass is 16.5. The van der Waals surface area contributed by atoms with Crippen LogP contribution in [0.1, 0.15) is 76.9 Å². The molecule has 5 nitrogen and oxygen atoms in total. The molecule has 2 heterocycles. The van der Waals surface area contributed by atoms with Gasteiger partial charge in [-0.1, -0.05) is 26.2 Å². The van der Waals surface area contributed by atoms with Gasteiger partial charge in [0.15, 0.2) is 5.82 Å². The van der Waals surface area contributed by atoms with E-state index in [1.165, 1.54) is 38.5 Å². The third kappa shape index (κ3) is 4.37. The third-order valence-electron chi connectivity index (χ3n) is 5.52. The molecule has 1 unspecified atom stereocenters. The van der Waals surface area contributed by atoms with Gasteiger partial charge in [0.25, 0.3) is 0 Å². The number of aryl methyl sites for hydroxylation is 1. The maximum atomic E-state index is 6.03. The van der Waals surface area contributed by atoms with E-state index in [2.05, 4.69) is 30.4 Å². The van der Waals surface area contributed by atoms with Crippen LogP contribution in [0.4, 0.5) is 0 Å². The predicted octanol–water partition coefficient (Wildman–Crippen LogP) is 3.39. The van der Waals surface area contributed by atoms with Gasteiger partial charge in [-0.3, -0.25) is 4.90 Å². The second-order valence-corrected chi connectivity index (χ2v) is 7.73. The van der Waals surface area contributed by atoms with Gasteiger partial charge in [-0.05, 0) is 33.1 Å². The molecule has 0 spiro atoms. The first-order valence-electron chi connectivity index (χ1n) is 9.96. The van der Waals surface area contributed by atoms with E-state index in [0.29, 0.717) is 12.0 Å². The lowest BCUT2D eigenvalue weighted by atomic mass is 10.1. The molecule has 0 bridgehead atoms. The zero-order valence-electron chi connectivity index (χ0n) is 15.7. The zero-order valence-corrected chi connectivity index (χ0v) is 15.7. The van der Waals surface area contributed by atoms with Crippen molar-refractivity contribution in [2.45, 2.75) is 90.3 Å². The van der Waals surface area contributed by atoms with Gasteiger partial charge >= 0.3 is 0 Å². The average molecular weight is 335 g/mol. The molecule has 24 heavy (non-hydrogen) atoms. The SMILES string of the molecule is CCCCn1nc(C2CCCC2)nc1CC1CN(C(C)C)CCO1. The van der Waals surface area contributed by atoms with E-state index in [1.807, 2.05) is 0 Å². The van der Waals surface area contributed by atoms with Crippen LogP contribution in [0.25, 0.3) is 0 Å². The summed E-state index contributed by atoms with van der Waals surface area (Å²) in [7, 11) is 0. The van der Waals surface area contributed by atoms with Crippen LogP contribution < -0.4 is 0 Å². The summed E-state index contributed by atoms with van der Waals surface area (Å²) in [6, 6.07) is 0.586. The zero-order chi connectivity index (χ0) is 16.9. The van der Waals surface area contributed by atoms with Gasteiger partial charge in [-0.15, -0.1) is 0 Å². The predicted molar refractivity (Wildman–Crippen MR) is 96.3 cm³/mol. The summed E-state index contributed by atoms with van der Waals surface area (Å²) < 4.78 is 8.21. The van der Waals surface area contributed by atoms with E-state index in [1.54, 1.807) is 0 Å². The number of hydrogen-bond donors (Lipinski definition) is 0. The maximum Gasteiger partial charge on any atom is 0.154 e. The van der Waals surface area contributed by atoms with Crippen molar-refractivity contribution in [3.63, 3.8) is 0 Å². The summed E-state index contributed by atoms with van der Waals surface area (Å²) in [6.45, 7) is 10.7. The van der Waals surface area contributed by atoms with E-state index in [0.717, 1.165) is 44.3 Å². The summed E-state index contributed by atoms with van der Waals surface area (Å²) >= 11 is 0. The Morgan fingerprint density at radius 2 is 2.04 bits per heavy atom. The van der Waals surface area contributed by atoms with Gasteiger partial charge in [0.05, 0.1) is 12.7 Å². The first-order chi connectivity index (χ1) is 11.7. The van der Waals surface area contributed by atoms with Crippen LogP contribution in [-0.2, 0) is 17.7 Å². The molecule has 0 aromatic carbocycles.